The Morgan fingerprint density at radius 1 is 0.900 bits per heavy atom. The van der Waals surface area contributed by atoms with Crippen molar-refractivity contribution in [2.45, 2.75) is 77.2 Å². The summed E-state index contributed by atoms with van der Waals surface area (Å²) in [5.74, 6) is -0.670. The molecule has 0 aliphatic heterocycles. The SMILES string of the molecule is O=C(O)CCCCCCCCCCCCn1ccnn1. The summed E-state index contributed by atoms with van der Waals surface area (Å²) in [6.45, 7) is 0.976. The number of aliphatic carboxylic acids is 1. The molecule has 20 heavy (non-hydrogen) atoms. The van der Waals surface area contributed by atoms with Gasteiger partial charge in [-0.25, -0.2) is 0 Å². The summed E-state index contributed by atoms with van der Waals surface area (Å²) < 4.78 is 1.89. The molecule has 5 heteroatoms. The lowest BCUT2D eigenvalue weighted by molar-refractivity contribution is -0.137. The van der Waals surface area contributed by atoms with Gasteiger partial charge in [0.2, 0.25) is 0 Å². The smallest absolute Gasteiger partial charge is 0.303 e. The highest BCUT2D eigenvalue weighted by Gasteiger charge is 1.97. The van der Waals surface area contributed by atoms with Gasteiger partial charge in [-0.2, -0.15) is 0 Å². The highest BCUT2D eigenvalue weighted by molar-refractivity contribution is 5.66. The molecule has 0 fully saturated rings. The number of carboxylic acids is 1. The van der Waals surface area contributed by atoms with Gasteiger partial charge >= 0.3 is 5.97 Å². The Hall–Kier alpha value is -1.39. The van der Waals surface area contributed by atoms with Gasteiger partial charge in [0.1, 0.15) is 0 Å². The fourth-order valence-corrected chi connectivity index (χ4v) is 2.32. The first-order chi connectivity index (χ1) is 9.79. The standard InChI is InChI=1S/C15H27N3O2/c19-15(20)11-9-7-5-3-1-2-4-6-8-10-13-18-14-12-16-17-18/h12,14H,1-11,13H2,(H,19,20). The summed E-state index contributed by atoms with van der Waals surface area (Å²) in [5.41, 5.74) is 0. The molecule has 0 spiro atoms. The van der Waals surface area contributed by atoms with E-state index in [0.717, 1.165) is 19.4 Å². The van der Waals surface area contributed by atoms with Crippen LogP contribution in [0.4, 0.5) is 0 Å². The molecule has 1 aromatic rings. The molecule has 0 radical (unpaired) electrons. The second-order valence-corrected chi connectivity index (χ2v) is 5.35. The van der Waals surface area contributed by atoms with E-state index in [0.29, 0.717) is 6.42 Å². The van der Waals surface area contributed by atoms with E-state index in [1.807, 2.05) is 10.9 Å². The highest BCUT2D eigenvalue weighted by Crippen LogP contribution is 2.11. The van der Waals surface area contributed by atoms with E-state index in [1.54, 1.807) is 6.20 Å². The van der Waals surface area contributed by atoms with Crippen LogP contribution in [0, 0.1) is 0 Å². The zero-order valence-corrected chi connectivity index (χ0v) is 12.3. The van der Waals surface area contributed by atoms with Crippen molar-refractivity contribution in [2.75, 3.05) is 0 Å². The molecule has 1 rings (SSSR count). The molecule has 1 heterocycles. The predicted molar refractivity (Wildman–Crippen MR) is 78.4 cm³/mol. The maximum Gasteiger partial charge on any atom is 0.303 e. The Morgan fingerprint density at radius 2 is 1.45 bits per heavy atom. The minimum Gasteiger partial charge on any atom is -0.481 e. The van der Waals surface area contributed by atoms with E-state index in [1.165, 1.54) is 51.4 Å². The number of unbranched alkanes of at least 4 members (excludes halogenated alkanes) is 9. The van der Waals surface area contributed by atoms with Crippen LogP contribution in [0.1, 0.15) is 70.6 Å². The summed E-state index contributed by atoms with van der Waals surface area (Å²) in [7, 11) is 0. The van der Waals surface area contributed by atoms with E-state index in [2.05, 4.69) is 10.3 Å². The summed E-state index contributed by atoms with van der Waals surface area (Å²) in [6, 6.07) is 0. The molecule has 114 valence electrons. The Labute approximate surface area is 121 Å². The average molecular weight is 281 g/mol. The van der Waals surface area contributed by atoms with Crippen LogP contribution in [0.5, 0.6) is 0 Å². The van der Waals surface area contributed by atoms with Gasteiger partial charge in [-0.05, 0) is 12.8 Å². The van der Waals surface area contributed by atoms with E-state index in [4.69, 9.17) is 5.11 Å². The highest BCUT2D eigenvalue weighted by atomic mass is 16.4. The van der Waals surface area contributed by atoms with Crippen molar-refractivity contribution in [3.8, 4) is 0 Å². The molecular weight excluding hydrogens is 254 g/mol. The van der Waals surface area contributed by atoms with E-state index < -0.39 is 5.97 Å². The van der Waals surface area contributed by atoms with Crippen LogP contribution in [0.25, 0.3) is 0 Å². The quantitative estimate of drug-likeness (QED) is 0.560. The minimum absolute atomic E-state index is 0.325. The summed E-state index contributed by atoms with van der Waals surface area (Å²) in [6.07, 6.45) is 15.9. The number of nitrogens with zero attached hydrogens (tertiary/aromatic N) is 3. The lowest BCUT2D eigenvalue weighted by Crippen LogP contribution is -1.98. The second-order valence-electron chi connectivity index (χ2n) is 5.35. The van der Waals surface area contributed by atoms with Crippen LogP contribution in [0.3, 0.4) is 0 Å². The zero-order valence-electron chi connectivity index (χ0n) is 12.3. The fraction of sp³-hybridized carbons (Fsp3) is 0.800. The van der Waals surface area contributed by atoms with Crippen LogP contribution in [0.2, 0.25) is 0 Å². The number of aryl methyl sites for hydroxylation is 1. The average Bonchev–Trinajstić information content (AvgIpc) is 2.93. The first-order valence-corrected chi connectivity index (χ1v) is 7.85. The Morgan fingerprint density at radius 3 is 1.95 bits per heavy atom. The monoisotopic (exact) mass is 281 g/mol. The van der Waals surface area contributed by atoms with Crippen LogP contribution in [0.15, 0.2) is 12.4 Å². The van der Waals surface area contributed by atoms with Gasteiger partial charge in [0.25, 0.3) is 0 Å². The Kier molecular flexibility index (Phi) is 9.53. The number of rotatable bonds is 13. The van der Waals surface area contributed by atoms with Crippen molar-refractivity contribution in [3.05, 3.63) is 12.4 Å². The number of carbonyl (C=O) groups is 1. The molecule has 0 saturated carbocycles. The van der Waals surface area contributed by atoms with Crippen molar-refractivity contribution in [1.29, 1.82) is 0 Å². The normalized spacial score (nSPS) is 10.8. The number of carboxylic acid groups (broad SMARTS) is 1. The number of aromatic nitrogens is 3. The molecule has 0 amide bonds. The van der Waals surface area contributed by atoms with Crippen molar-refractivity contribution in [1.82, 2.24) is 15.0 Å². The summed E-state index contributed by atoms with van der Waals surface area (Å²) in [4.78, 5) is 10.3. The van der Waals surface area contributed by atoms with Crippen molar-refractivity contribution in [3.63, 3.8) is 0 Å². The van der Waals surface area contributed by atoms with Gasteiger partial charge in [0.15, 0.2) is 0 Å². The predicted octanol–water partition coefficient (Wildman–Crippen LogP) is 3.65. The third-order valence-electron chi connectivity index (χ3n) is 3.50. The molecule has 0 saturated heterocycles. The minimum atomic E-state index is -0.670. The first-order valence-electron chi connectivity index (χ1n) is 7.85. The van der Waals surface area contributed by atoms with Gasteiger partial charge in [-0.3, -0.25) is 9.48 Å². The van der Waals surface area contributed by atoms with Crippen molar-refractivity contribution >= 4 is 5.97 Å². The van der Waals surface area contributed by atoms with E-state index >= 15 is 0 Å². The Balaban J connectivity index is 1.73. The summed E-state index contributed by atoms with van der Waals surface area (Å²) >= 11 is 0. The lowest BCUT2D eigenvalue weighted by atomic mass is 10.1. The first kappa shape index (κ1) is 16.7. The second kappa shape index (κ2) is 11.4. The molecular formula is C15H27N3O2. The van der Waals surface area contributed by atoms with Gasteiger partial charge in [-0.15, -0.1) is 5.10 Å². The molecule has 0 atom stereocenters. The molecule has 0 unspecified atom stereocenters. The molecule has 1 N–H and O–H groups in total. The Bertz CT molecular complexity index is 339. The molecule has 0 aliphatic carbocycles. The lowest BCUT2D eigenvalue weighted by Gasteiger charge is -2.02. The molecule has 5 nitrogen and oxygen atoms in total. The third kappa shape index (κ3) is 9.53. The topological polar surface area (TPSA) is 68.0 Å². The van der Waals surface area contributed by atoms with Crippen molar-refractivity contribution < 1.29 is 9.90 Å². The molecule has 1 aromatic heterocycles. The van der Waals surface area contributed by atoms with Crippen LogP contribution >= 0.6 is 0 Å². The number of hydrogen-bond donors (Lipinski definition) is 1. The van der Waals surface area contributed by atoms with E-state index in [-0.39, 0.29) is 0 Å². The third-order valence-corrected chi connectivity index (χ3v) is 3.50. The fourth-order valence-electron chi connectivity index (χ4n) is 2.32. The maximum absolute atomic E-state index is 10.3. The summed E-state index contributed by atoms with van der Waals surface area (Å²) in [5, 5.41) is 16.2. The zero-order chi connectivity index (χ0) is 14.5. The largest absolute Gasteiger partial charge is 0.481 e. The van der Waals surface area contributed by atoms with Gasteiger partial charge < -0.3 is 5.11 Å². The molecule has 0 bridgehead atoms. The van der Waals surface area contributed by atoms with Crippen LogP contribution in [-0.4, -0.2) is 26.1 Å². The van der Waals surface area contributed by atoms with Gasteiger partial charge in [0, 0.05) is 19.2 Å². The van der Waals surface area contributed by atoms with Crippen LogP contribution in [-0.2, 0) is 11.3 Å². The van der Waals surface area contributed by atoms with E-state index in [9.17, 15) is 4.79 Å². The van der Waals surface area contributed by atoms with Gasteiger partial charge in [0.05, 0.1) is 6.20 Å². The van der Waals surface area contributed by atoms with Crippen LogP contribution < -0.4 is 0 Å². The van der Waals surface area contributed by atoms with Gasteiger partial charge in [-0.1, -0.05) is 56.6 Å². The number of hydrogen-bond acceptors (Lipinski definition) is 3. The molecule has 0 aromatic carbocycles. The maximum atomic E-state index is 10.3. The van der Waals surface area contributed by atoms with Crippen molar-refractivity contribution in [2.24, 2.45) is 0 Å². The molecule has 0 aliphatic rings.